The van der Waals surface area contributed by atoms with E-state index in [1.807, 2.05) is 0 Å². The topological polar surface area (TPSA) is 121 Å². The SMILES string of the molecule is CNC(=O)c1ccc(NC(=O)c2ccc(NS(=O)(=O)c3ccc(C(C)=O)cc3)cc2)cc1. The molecule has 32 heavy (non-hydrogen) atoms. The maximum Gasteiger partial charge on any atom is 0.261 e. The van der Waals surface area contributed by atoms with Gasteiger partial charge in [0, 0.05) is 35.1 Å². The van der Waals surface area contributed by atoms with Crippen LogP contribution in [0, 0.1) is 0 Å². The van der Waals surface area contributed by atoms with Crippen LogP contribution in [0.4, 0.5) is 11.4 Å². The number of hydrogen-bond donors (Lipinski definition) is 3. The maximum absolute atomic E-state index is 12.5. The van der Waals surface area contributed by atoms with Gasteiger partial charge in [-0.25, -0.2) is 8.42 Å². The van der Waals surface area contributed by atoms with Gasteiger partial charge in [-0.3, -0.25) is 19.1 Å². The van der Waals surface area contributed by atoms with Crippen LogP contribution in [0.5, 0.6) is 0 Å². The molecule has 0 saturated carbocycles. The smallest absolute Gasteiger partial charge is 0.261 e. The van der Waals surface area contributed by atoms with E-state index in [0.717, 1.165) is 0 Å². The van der Waals surface area contributed by atoms with E-state index in [1.54, 1.807) is 24.3 Å². The second-order valence-electron chi connectivity index (χ2n) is 6.87. The van der Waals surface area contributed by atoms with Crippen LogP contribution in [0.2, 0.25) is 0 Å². The number of nitrogens with one attached hydrogen (secondary N) is 3. The molecule has 0 aliphatic rings. The highest BCUT2D eigenvalue weighted by Crippen LogP contribution is 2.18. The minimum absolute atomic E-state index is 0.0181. The highest BCUT2D eigenvalue weighted by atomic mass is 32.2. The summed E-state index contributed by atoms with van der Waals surface area (Å²) in [6.45, 7) is 1.40. The molecule has 164 valence electrons. The largest absolute Gasteiger partial charge is 0.355 e. The van der Waals surface area contributed by atoms with Crippen LogP contribution < -0.4 is 15.4 Å². The first-order chi connectivity index (χ1) is 15.2. The summed E-state index contributed by atoms with van der Waals surface area (Å²) in [4.78, 5) is 35.4. The summed E-state index contributed by atoms with van der Waals surface area (Å²) in [5.74, 6) is -0.763. The van der Waals surface area contributed by atoms with Crippen LogP contribution in [0.25, 0.3) is 0 Å². The number of sulfonamides is 1. The molecule has 0 bridgehead atoms. The molecular weight excluding hydrogens is 430 g/mol. The van der Waals surface area contributed by atoms with Crippen LogP contribution in [0.1, 0.15) is 38.0 Å². The van der Waals surface area contributed by atoms with E-state index in [2.05, 4.69) is 15.4 Å². The first kappa shape index (κ1) is 22.7. The summed E-state index contributed by atoms with van der Waals surface area (Å²) in [6, 6.07) is 18.0. The first-order valence-electron chi connectivity index (χ1n) is 9.57. The Balaban J connectivity index is 1.66. The zero-order valence-electron chi connectivity index (χ0n) is 17.4. The third-order valence-electron chi connectivity index (χ3n) is 4.60. The van der Waals surface area contributed by atoms with E-state index in [9.17, 15) is 22.8 Å². The molecule has 8 nitrogen and oxygen atoms in total. The van der Waals surface area contributed by atoms with Gasteiger partial charge in [0.05, 0.1) is 4.90 Å². The minimum atomic E-state index is -3.85. The summed E-state index contributed by atoms with van der Waals surface area (Å²) in [7, 11) is -2.31. The minimum Gasteiger partial charge on any atom is -0.355 e. The van der Waals surface area contributed by atoms with Gasteiger partial charge in [0.1, 0.15) is 0 Å². The lowest BCUT2D eigenvalue weighted by Crippen LogP contribution is -2.18. The number of carbonyl (C=O) groups excluding carboxylic acids is 3. The van der Waals surface area contributed by atoms with Crippen molar-refractivity contribution in [2.75, 3.05) is 17.1 Å². The van der Waals surface area contributed by atoms with Gasteiger partial charge in [-0.2, -0.15) is 0 Å². The van der Waals surface area contributed by atoms with Crippen LogP contribution >= 0.6 is 0 Å². The molecule has 0 aromatic heterocycles. The van der Waals surface area contributed by atoms with E-state index < -0.39 is 10.0 Å². The van der Waals surface area contributed by atoms with Gasteiger partial charge >= 0.3 is 0 Å². The Hall–Kier alpha value is -3.98. The summed E-state index contributed by atoms with van der Waals surface area (Å²) in [5, 5.41) is 5.23. The highest BCUT2D eigenvalue weighted by molar-refractivity contribution is 7.92. The number of benzene rings is 3. The van der Waals surface area contributed by atoms with Gasteiger partial charge in [-0.1, -0.05) is 12.1 Å². The number of amides is 2. The van der Waals surface area contributed by atoms with Crippen LogP contribution in [0.3, 0.4) is 0 Å². The lowest BCUT2D eigenvalue weighted by atomic mass is 10.1. The lowest BCUT2D eigenvalue weighted by Gasteiger charge is -2.10. The maximum atomic E-state index is 12.5. The number of Topliss-reactive ketones (excluding diaryl/α,β-unsaturated/α-hetero) is 1. The predicted molar refractivity (Wildman–Crippen MR) is 121 cm³/mol. The quantitative estimate of drug-likeness (QED) is 0.476. The molecule has 0 spiro atoms. The number of carbonyl (C=O) groups is 3. The van der Waals surface area contributed by atoms with Crippen molar-refractivity contribution in [3.63, 3.8) is 0 Å². The molecule has 0 fully saturated rings. The first-order valence-corrected chi connectivity index (χ1v) is 11.1. The van der Waals surface area contributed by atoms with Crippen molar-refractivity contribution in [3.8, 4) is 0 Å². The van der Waals surface area contributed by atoms with Crippen molar-refractivity contribution in [1.29, 1.82) is 0 Å². The summed E-state index contributed by atoms with van der Waals surface area (Å²) in [5.41, 5.74) is 2.02. The van der Waals surface area contributed by atoms with Gasteiger partial charge in [-0.15, -0.1) is 0 Å². The van der Waals surface area contributed by atoms with Crippen LogP contribution in [-0.4, -0.2) is 33.1 Å². The third-order valence-corrected chi connectivity index (χ3v) is 6.00. The van der Waals surface area contributed by atoms with E-state index >= 15 is 0 Å². The fourth-order valence-corrected chi connectivity index (χ4v) is 3.88. The lowest BCUT2D eigenvalue weighted by molar-refractivity contribution is 0.0961. The predicted octanol–water partition coefficient (Wildman–Crippen LogP) is 3.30. The van der Waals surface area contributed by atoms with E-state index in [1.165, 1.54) is 62.5 Å². The van der Waals surface area contributed by atoms with E-state index in [4.69, 9.17) is 0 Å². The molecule has 0 aliphatic carbocycles. The Morgan fingerprint density at radius 3 is 1.62 bits per heavy atom. The monoisotopic (exact) mass is 451 g/mol. The molecule has 0 heterocycles. The Labute approximate surface area is 185 Å². The molecule has 9 heteroatoms. The molecule has 0 unspecified atom stereocenters. The van der Waals surface area contributed by atoms with Gasteiger partial charge in [0.2, 0.25) is 0 Å². The Kier molecular flexibility index (Phi) is 6.70. The fraction of sp³-hybridized carbons (Fsp3) is 0.0870. The molecule has 3 aromatic rings. The van der Waals surface area contributed by atoms with Crippen LogP contribution in [-0.2, 0) is 10.0 Å². The second kappa shape index (κ2) is 9.44. The second-order valence-corrected chi connectivity index (χ2v) is 8.56. The van der Waals surface area contributed by atoms with E-state index in [0.29, 0.717) is 22.4 Å². The zero-order valence-corrected chi connectivity index (χ0v) is 18.2. The standard InChI is InChI=1S/C23H21N3O5S/c1-15(27)16-7-13-21(14-8-16)32(30,31)26-20-11-5-18(6-12-20)23(29)25-19-9-3-17(4-10-19)22(28)24-2/h3-14,26H,1-2H3,(H,24,28)(H,25,29). The summed E-state index contributed by atoms with van der Waals surface area (Å²) < 4.78 is 27.5. The molecule has 3 rings (SSSR count). The Bertz CT molecular complexity index is 1250. The van der Waals surface area contributed by atoms with Crippen molar-refractivity contribution in [2.45, 2.75) is 11.8 Å². The highest BCUT2D eigenvalue weighted by Gasteiger charge is 2.15. The van der Waals surface area contributed by atoms with Crippen molar-refractivity contribution in [3.05, 3.63) is 89.5 Å². The number of hydrogen-bond acceptors (Lipinski definition) is 5. The average molecular weight is 452 g/mol. The van der Waals surface area contributed by atoms with Gasteiger partial charge in [0.25, 0.3) is 21.8 Å². The van der Waals surface area contributed by atoms with E-state index in [-0.39, 0.29) is 28.2 Å². The average Bonchev–Trinajstić information content (AvgIpc) is 2.79. The van der Waals surface area contributed by atoms with Gasteiger partial charge < -0.3 is 10.6 Å². The molecule has 2 amide bonds. The fourth-order valence-electron chi connectivity index (χ4n) is 2.83. The summed E-state index contributed by atoms with van der Waals surface area (Å²) >= 11 is 0. The van der Waals surface area contributed by atoms with Crippen molar-refractivity contribution in [1.82, 2.24) is 5.32 Å². The van der Waals surface area contributed by atoms with Crippen molar-refractivity contribution < 1.29 is 22.8 Å². The molecule has 0 atom stereocenters. The molecule has 0 radical (unpaired) electrons. The normalized spacial score (nSPS) is 10.8. The van der Waals surface area contributed by atoms with Gasteiger partial charge in [-0.05, 0) is 67.6 Å². The van der Waals surface area contributed by atoms with Crippen LogP contribution in [0.15, 0.2) is 77.7 Å². The molecule has 3 N–H and O–H groups in total. The van der Waals surface area contributed by atoms with Crippen molar-refractivity contribution >= 4 is 39.0 Å². The number of ketones is 1. The van der Waals surface area contributed by atoms with Gasteiger partial charge in [0.15, 0.2) is 5.78 Å². The number of rotatable bonds is 7. The third kappa shape index (κ3) is 5.38. The Morgan fingerprint density at radius 1 is 0.656 bits per heavy atom. The van der Waals surface area contributed by atoms with Crippen molar-refractivity contribution in [2.24, 2.45) is 0 Å². The summed E-state index contributed by atoms with van der Waals surface area (Å²) in [6.07, 6.45) is 0. The molecule has 0 aliphatic heterocycles. The Morgan fingerprint density at radius 2 is 1.12 bits per heavy atom. The zero-order chi connectivity index (χ0) is 23.3. The molecule has 3 aromatic carbocycles. The number of anilines is 2. The molecule has 0 saturated heterocycles. The molecular formula is C23H21N3O5S.